The lowest BCUT2D eigenvalue weighted by molar-refractivity contribution is 0.486. The van der Waals surface area contributed by atoms with Crippen LogP contribution in [0.3, 0.4) is 0 Å². The van der Waals surface area contributed by atoms with Crippen molar-refractivity contribution in [1.82, 2.24) is 0 Å². The average Bonchev–Trinajstić information content (AvgIpc) is 2.46. The molecule has 2 aliphatic rings. The van der Waals surface area contributed by atoms with Crippen LogP contribution in [0.4, 0.5) is 0 Å². The summed E-state index contributed by atoms with van der Waals surface area (Å²) in [6.45, 7) is 6.99. The van der Waals surface area contributed by atoms with Crippen LogP contribution < -0.4 is 0 Å². The molecular formula is C10H16S. The molecule has 0 heterocycles. The van der Waals surface area contributed by atoms with Crippen LogP contribution in [0, 0.1) is 17.3 Å². The lowest BCUT2D eigenvalue weighted by atomic mass is 9.97. The zero-order valence-electron chi connectivity index (χ0n) is 7.52. The van der Waals surface area contributed by atoms with Crippen molar-refractivity contribution < 1.29 is 0 Å². The molecule has 0 N–H and O–H groups in total. The second-order valence-electron chi connectivity index (χ2n) is 4.55. The average molecular weight is 168 g/mol. The van der Waals surface area contributed by atoms with Crippen LogP contribution in [-0.2, 0) is 0 Å². The Morgan fingerprint density at radius 3 is 2.55 bits per heavy atom. The Morgan fingerprint density at radius 2 is 2.00 bits per heavy atom. The minimum Gasteiger partial charge on any atom is -0.148 e. The Hall–Kier alpha value is 0.0900. The van der Waals surface area contributed by atoms with E-state index in [-0.39, 0.29) is 0 Å². The van der Waals surface area contributed by atoms with Gasteiger partial charge in [0.1, 0.15) is 0 Å². The van der Waals surface area contributed by atoms with E-state index in [1.807, 2.05) is 0 Å². The Balaban J connectivity index is 2.35. The minimum atomic E-state index is 0.502. The highest BCUT2D eigenvalue weighted by molar-refractivity contribution is 7.84. The summed E-state index contributed by atoms with van der Waals surface area (Å²) < 4.78 is 0. The lowest BCUT2D eigenvalue weighted by Crippen LogP contribution is -2.00. The van der Waals surface area contributed by atoms with Crippen LogP contribution in [-0.4, -0.2) is 0 Å². The number of hydrogen-bond acceptors (Lipinski definition) is 1. The third-order valence-corrected chi connectivity index (χ3v) is 4.14. The first-order chi connectivity index (χ1) is 5.05. The molecule has 0 spiro atoms. The Morgan fingerprint density at radius 1 is 1.36 bits per heavy atom. The van der Waals surface area contributed by atoms with Crippen LogP contribution in [0.15, 0.2) is 10.5 Å². The smallest absolute Gasteiger partial charge is 0.00647 e. The second kappa shape index (κ2) is 2.07. The molecule has 2 atom stereocenters. The quantitative estimate of drug-likeness (QED) is 0.527. The molecule has 0 bridgehead atoms. The SMILES string of the molecule is CC1CCC2C(=C1S)C2(C)C. The summed E-state index contributed by atoms with van der Waals surface area (Å²) >= 11 is 4.59. The molecule has 1 saturated carbocycles. The molecule has 1 fully saturated rings. The third kappa shape index (κ3) is 0.900. The summed E-state index contributed by atoms with van der Waals surface area (Å²) in [6.07, 6.45) is 2.74. The molecule has 0 aromatic heterocycles. The fourth-order valence-corrected chi connectivity index (χ4v) is 3.04. The van der Waals surface area contributed by atoms with Gasteiger partial charge in [-0.3, -0.25) is 0 Å². The van der Waals surface area contributed by atoms with E-state index in [2.05, 4.69) is 33.4 Å². The summed E-state index contributed by atoms with van der Waals surface area (Å²) in [6, 6.07) is 0. The van der Waals surface area contributed by atoms with Crippen LogP contribution in [0.1, 0.15) is 33.6 Å². The first-order valence-electron chi connectivity index (χ1n) is 4.48. The molecule has 0 saturated heterocycles. The first-order valence-corrected chi connectivity index (χ1v) is 4.93. The van der Waals surface area contributed by atoms with E-state index >= 15 is 0 Å². The van der Waals surface area contributed by atoms with E-state index in [1.54, 1.807) is 5.57 Å². The Kier molecular flexibility index (Phi) is 1.45. The van der Waals surface area contributed by atoms with Crippen molar-refractivity contribution in [2.45, 2.75) is 33.6 Å². The van der Waals surface area contributed by atoms with Crippen molar-refractivity contribution in [3.8, 4) is 0 Å². The van der Waals surface area contributed by atoms with Gasteiger partial charge in [-0.15, -0.1) is 12.6 Å². The maximum Gasteiger partial charge on any atom is -0.00647 e. The van der Waals surface area contributed by atoms with Crippen molar-refractivity contribution in [1.29, 1.82) is 0 Å². The molecule has 0 nitrogen and oxygen atoms in total. The molecular weight excluding hydrogens is 152 g/mol. The van der Waals surface area contributed by atoms with Crippen molar-refractivity contribution in [3.63, 3.8) is 0 Å². The number of allylic oxidation sites excluding steroid dienone is 2. The van der Waals surface area contributed by atoms with Crippen LogP contribution in [0.25, 0.3) is 0 Å². The summed E-state index contributed by atoms with van der Waals surface area (Å²) in [5, 5.41) is 0. The molecule has 2 rings (SSSR count). The third-order valence-electron chi connectivity index (χ3n) is 3.46. The summed E-state index contributed by atoms with van der Waals surface area (Å²) in [5.74, 6) is 1.61. The molecule has 2 unspecified atom stereocenters. The van der Waals surface area contributed by atoms with Gasteiger partial charge in [-0.2, -0.15) is 0 Å². The highest BCUT2D eigenvalue weighted by Gasteiger charge is 2.55. The first kappa shape index (κ1) is 7.72. The predicted octanol–water partition coefficient (Wildman–Crippen LogP) is 3.26. The second-order valence-corrected chi connectivity index (χ2v) is 5.03. The molecule has 62 valence electrons. The van der Waals surface area contributed by atoms with Gasteiger partial charge in [-0.25, -0.2) is 0 Å². The Labute approximate surface area is 74.5 Å². The molecule has 2 aliphatic carbocycles. The van der Waals surface area contributed by atoms with Gasteiger partial charge >= 0.3 is 0 Å². The number of hydrogen-bond donors (Lipinski definition) is 1. The van der Waals surface area contributed by atoms with Crippen molar-refractivity contribution in [2.75, 3.05) is 0 Å². The normalized spacial score (nSPS) is 40.4. The maximum atomic E-state index is 4.59. The van der Waals surface area contributed by atoms with Gasteiger partial charge in [-0.1, -0.05) is 26.3 Å². The fraction of sp³-hybridized carbons (Fsp3) is 0.800. The summed E-state index contributed by atoms with van der Waals surface area (Å²) in [7, 11) is 0. The Bertz CT molecular complexity index is 225. The molecule has 1 heteroatoms. The van der Waals surface area contributed by atoms with Crippen LogP contribution in [0.2, 0.25) is 0 Å². The van der Waals surface area contributed by atoms with E-state index in [9.17, 15) is 0 Å². The zero-order chi connectivity index (χ0) is 8.22. The van der Waals surface area contributed by atoms with Gasteiger partial charge in [0.15, 0.2) is 0 Å². The predicted molar refractivity (Wildman–Crippen MR) is 51.7 cm³/mol. The van der Waals surface area contributed by atoms with E-state index in [1.165, 1.54) is 17.7 Å². The van der Waals surface area contributed by atoms with E-state index in [0.717, 1.165) is 11.8 Å². The lowest BCUT2D eigenvalue weighted by Gasteiger charge is -2.14. The summed E-state index contributed by atoms with van der Waals surface area (Å²) in [5.41, 5.74) is 2.15. The van der Waals surface area contributed by atoms with Gasteiger partial charge in [0, 0.05) is 0 Å². The highest BCUT2D eigenvalue weighted by atomic mass is 32.1. The molecule has 0 radical (unpaired) electrons. The van der Waals surface area contributed by atoms with Gasteiger partial charge in [0.25, 0.3) is 0 Å². The van der Waals surface area contributed by atoms with Gasteiger partial charge in [0.2, 0.25) is 0 Å². The van der Waals surface area contributed by atoms with Crippen molar-refractivity contribution >= 4 is 12.6 Å². The van der Waals surface area contributed by atoms with Gasteiger partial charge in [-0.05, 0) is 35.0 Å². The van der Waals surface area contributed by atoms with Crippen molar-refractivity contribution in [3.05, 3.63) is 10.5 Å². The number of rotatable bonds is 0. The van der Waals surface area contributed by atoms with Gasteiger partial charge in [0.05, 0.1) is 0 Å². The molecule has 0 aromatic carbocycles. The van der Waals surface area contributed by atoms with Crippen LogP contribution in [0.5, 0.6) is 0 Å². The van der Waals surface area contributed by atoms with Crippen LogP contribution >= 0.6 is 12.6 Å². The number of thiol groups is 1. The molecule has 0 aromatic rings. The number of fused-ring (bicyclic) bond motifs is 1. The fourth-order valence-electron chi connectivity index (χ4n) is 2.47. The standard InChI is InChI=1S/C10H16S/c1-6-4-5-7-8(9(6)11)10(7,2)3/h6-7,11H,4-5H2,1-3H3. The van der Waals surface area contributed by atoms with E-state index in [4.69, 9.17) is 0 Å². The largest absolute Gasteiger partial charge is 0.148 e. The van der Waals surface area contributed by atoms with Crippen molar-refractivity contribution in [2.24, 2.45) is 17.3 Å². The maximum absolute atomic E-state index is 4.59. The molecule has 0 amide bonds. The summed E-state index contributed by atoms with van der Waals surface area (Å²) in [4.78, 5) is 1.39. The molecule has 0 aliphatic heterocycles. The zero-order valence-corrected chi connectivity index (χ0v) is 8.41. The van der Waals surface area contributed by atoms with E-state index < -0.39 is 0 Å². The highest BCUT2D eigenvalue weighted by Crippen LogP contribution is 2.65. The minimum absolute atomic E-state index is 0.502. The topological polar surface area (TPSA) is 0 Å². The monoisotopic (exact) mass is 168 g/mol. The van der Waals surface area contributed by atoms with Gasteiger partial charge < -0.3 is 0 Å². The molecule has 11 heavy (non-hydrogen) atoms. The van der Waals surface area contributed by atoms with E-state index in [0.29, 0.717) is 5.41 Å².